The molecule has 0 bridgehead atoms. The molecule has 1 aromatic rings. The van der Waals surface area contributed by atoms with Crippen LogP contribution in [0.3, 0.4) is 0 Å². The van der Waals surface area contributed by atoms with Crippen LogP contribution in [0.15, 0.2) is 40.5 Å². The normalized spacial score (nSPS) is 18.8. The van der Waals surface area contributed by atoms with Crippen molar-refractivity contribution in [1.82, 2.24) is 0 Å². The molecule has 0 saturated heterocycles. The lowest BCUT2D eigenvalue weighted by Crippen LogP contribution is -2.42. The molecule has 150 valence electrons. The first-order valence-electron chi connectivity index (χ1n) is 8.56. The highest BCUT2D eigenvalue weighted by Crippen LogP contribution is 2.34. The van der Waals surface area contributed by atoms with Crippen molar-refractivity contribution < 1.29 is 33.3 Å². The molecular weight excluding hydrogens is 366 g/mol. The van der Waals surface area contributed by atoms with Gasteiger partial charge >= 0.3 is 17.9 Å². The van der Waals surface area contributed by atoms with Gasteiger partial charge < -0.3 is 18.9 Å². The molecule has 0 spiro atoms. The zero-order valence-electron chi connectivity index (χ0n) is 16.5. The Morgan fingerprint density at radius 3 is 2.25 bits per heavy atom. The molecule has 8 heteroatoms. The summed E-state index contributed by atoms with van der Waals surface area (Å²) >= 11 is 0. The number of aliphatic imine (C=N–C) groups is 1. The van der Waals surface area contributed by atoms with E-state index in [9.17, 15) is 14.4 Å². The molecule has 0 aromatic heterocycles. The van der Waals surface area contributed by atoms with Crippen molar-refractivity contribution in [2.75, 3.05) is 21.3 Å². The number of methoxy groups -OCH3 is 3. The average Bonchev–Trinajstić information content (AvgIpc) is 2.70. The van der Waals surface area contributed by atoms with Gasteiger partial charge in [-0.2, -0.15) is 0 Å². The Bertz CT molecular complexity index is 841. The maximum Gasteiger partial charge on any atom is 0.336 e. The van der Waals surface area contributed by atoms with Gasteiger partial charge in [0.15, 0.2) is 0 Å². The maximum absolute atomic E-state index is 13.0. The van der Waals surface area contributed by atoms with Crippen LogP contribution in [0.2, 0.25) is 0 Å². The summed E-state index contributed by atoms with van der Waals surface area (Å²) in [6.07, 6.45) is 0. The lowest BCUT2D eigenvalue weighted by Gasteiger charge is -2.29. The molecule has 1 unspecified atom stereocenters. The van der Waals surface area contributed by atoms with E-state index in [1.165, 1.54) is 21.3 Å². The van der Waals surface area contributed by atoms with Gasteiger partial charge in [0.1, 0.15) is 24.2 Å². The summed E-state index contributed by atoms with van der Waals surface area (Å²) in [5.41, 5.74) is 1.28. The minimum absolute atomic E-state index is 0.0199. The molecule has 1 aliphatic rings. The SMILES string of the molecule is COC(=O)C1=C(C)N=C(C)C(C(=O)OC)[C@@H]1C(=O)OCc1ccccc1OC. The molecule has 0 fully saturated rings. The number of hydrogen-bond donors (Lipinski definition) is 0. The van der Waals surface area contributed by atoms with E-state index in [1.807, 2.05) is 0 Å². The lowest BCUT2D eigenvalue weighted by atomic mass is 9.80. The van der Waals surface area contributed by atoms with Gasteiger partial charge in [-0.25, -0.2) is 4.79 Å². The van der Waals surface area contributed by atoms with E-state index < -0.39 is 29.7 Å². The molecular formula is C20H23NO7. The summed E-state index contributed by atoms with van der Waals surface area (Å²) < 4.78 is 20.3. The van der Waals surface area contributed by atoms with E-state index in [0.29, 0.717) is 22.7 Å². The van der Waals surface area contributed by atoms with E-state index in [-0.39, 0.29) is 12.2 Å². The van der Waals surface area contributed by atoms with E-state index in [1.54, 1.807) is 38.1 Å². The summed E-state index contributed by atoms with van der Waals surface area (Å²) in [4.78, 5) is 41.8. The first kappa shape index (κ1) is 21.1. The van der Waals surface area contributed by atoms with Gasteiger partial charge in [-0.1, -0.05) is 18.2 Å². The lowest BCUT2D eigenvalue weighted by molar-refractivity contribution is -0.157. The summed E-state index contributed by atoms with van der Waals surface area (Å²) in [7, 11) is 3.91. The number of hydrogen-bond acceptors (Lipinski definition) is 8. The molecule has 0 N–H and O–H groups in total. The summed E-state index contributed by atoms with van der Waals surface area (Å²) in [5, 5.41) is 0. The Morgan fingerprint density at radius 1 is 0.964 bits per heavy atom. The van der Waals surface area contributed by atoms with Crippen molar-refractivity contribution >= 4 is 23.6 Å². The second kappa shape index (κ2) is 9.16. The zero-order valence-corrected chi connectivity index (χ0v) is 16.5. The van der Waals surface area contributed by atoms with E-state index in [2.05, 4.69) is 4.99 Å². The third kappa shape index (κ3) is 4.21. The monoisotopic (exact) mass is 389 g/mol. The number of rotatable bonds is 6. The fourth-order valence-electron chi connectivity index (χ4n) is 3.16. The van der Waals surface area contributed by atoms with Crippen LogP contribution in [0.4, 0.5) is 0 Å². The minimum atomic E-state index is -1.22. The molecule has 28 heavy (non-hydrogen) atoms. The molecule has 1 heterocycles. The molecule has 0 aliphatic carbocycles. The standard InChI is InChI=1S/C20H23NO7/c1-11-15(18(22)26-4)17(16(12(2)21-11)19(23)27-5)20(24)28-10-13-8-6-7-9-14(13)25-3/h6-9,15,17H,10H2,1-5H3/t15?,17-/m0/s1. The molecule has 0 radical (unpaired) electrons. The van der Waals surface area contributed by atoms with E-state index in [4.69, 9.17) is 18.9 Å². The number of allylic oxidation sites excluding steroid dienone is 1. The number of ether oxygens (including phenoxy) is 4. The van der Waals surface area contributed by atoms with Crippen LogP contribution in [0.25, 0.3) is 0 Å². The highest BCUT2D eigenvalue weighted by atomic mass is 16.5. The molecule has 8 nitrogen and oxygen atoms in total. The Morgan fingerprint density at radius 2 is 1.64 bits per heavy atom. The number of carbonyl (C=O) groups is 3. The quantitative estimate of drug-likeness (QED) is 0.542. The fraction of sp³-hybridized carbons (Fsp3) is 0.400. The number of benzene rings is 1. The zero-order chi connectivity index (χ0) is 20.8. The van der Waals surface area contributed by atoms with Crippen molar-refractivity contribution in [2.45, 2.75) is 20.5 Å². The number of nitrogens with zero attached hydrogens (tertiary/aromatic N) is 1. The Kier molecular flexibility index (Phi) is 6.92. The topological polar surface area (TPSA) is 100 Å². The minimum Gasteiger partial charge on any atom is -0.496 e. The van der Waals surface area contributed by atoms with Crippen LogP contribution in [0, 0.1) is 11.8 Å². The molecule has 1 aromatic carbocycles. The molecule has 2 atom stereocenters. The van der Waals surface area contributed by atoms with Gasteiger partial charge in [-0.15, -0.1) is 0 Å². The van der Waals surface area contributed by atoms with Gasteiger partial charge in [0.05, 0.1) is 26.9 Å². The second-order valence-electron chi connectivity index (χ2n) is 6.14. The molecule has 0 amide bonds. The maximum atomic E-state index is 13.0. The second-order valence-corrected chi connectivity index (χ2v) is 6.14. The first-order chi connectivity index (χ1) is 13.3. The number of carbonyl (C=O) groups excluding carboxylic acids is 3. The van der Waals surface area contributed by atoms with Gasteiger partial charge in [-0.05, 0) is 19.9 Å². The summed E-state index contributed by atoms with van der Waals surface area (Å²) in [5.74, 6) is -3.92. The van der Waals surface area contributed by atoms with Gasteiger partial charge in [0, 0.05) is 17.0 Å². The Balaban J connectivity index is 2.37. The first-order valence-corrected chi connectivity index (χ1v) is 8.56. The van der Waals surface area contributed by atoms with Crippen molar-refractivity contribution in [3.8, 4) is 5.75 Å². The van der Waals surface area contributed by atoms with Crippen LogP contribution >= 0.6 is 0 Å². The predicted molar refractivity (Wildman–Crippen MR) is 99.6 cm³/mol. The van der Waals surface area contributed by atoms with Crippen LogP contribution < -0.4 is 4.74 Å². The smallest absolute Gasteiger partial charge is 0.336 e. The van der Waals surface area contributed by atoms with Gasteiger partial charge in [0.2, 0.25) is 0 Å². The highest BCUT2D eigenvalue weighted by molar-refractivity contribution is 6.10. The Labute approximate surface area is 163 Å². The predicted octanol–water partition coefficient (Wildman–Crippen LogP) is 2.07. The highest BCUT2D eigenvalue weighted by Gasteiger charge is 2.46. The Hall–Kier alpha value is -3.16. The molecule has 1 aliphatic heterocycles. The number of esters is 3. The number of para-hydroxylation sites is 1. The van der Waals surface area contributed by atoms with Gasteiger partial charge in [0.25, 0.3) is 0 Å². The molecule has 2 rings (SSSR count). The van der Waals surface area contributed by atoms with Gasteiger partial charge in [-0.3, -0.25) is 14.6 Å². The van der Waals surface area contributed by atoms with Crippen LogP contribution in [-0.2, 0) is 35.2 Å². The van der Waals surface area contributed by atoms with Crippen LogP contribution in [0.1, 0.15) is 19.4 Å². The van der Waals surface area contributed by atoms with Crippen molar-refractivity contribution in [3.63, 3.8) is 0 Å². The average molecular weight is 389 g/mol. The van der Waals surface area contributed by atoms with E-state index >= 15 is 0 Å². The fourth-order valence-corrected chi connectivity index (χ4v) is 3.16. The van der Waals surface area contributed by atoms with Crippen molar-refractivity contribution in [1.29, 1.82) is 0 Å². The van der Waals surface area contributed by atoms with Crippen molar-refractivity contribution in [3.05, 3.63) is 41.1 Å². The summed E-state index contributed by atoms with van der Waals surface area (Å²) in [6.45, 7) is 3.08. The van der Waals surface area contributed by atoms with Crippen LogP contribution in [0.5, 0.6) is 5.75 Å². The largest absolute Gasteiger partial charge is 0.496 e. The third-order valence-electron chi connectivity index (χ3n) is 4.51. The van der Waals surface area contributed by atoms with E-state index in [0.717, 1.165) is 0 Å². The van der Waals surface area contributed by atoms with Crippen molar-refractivity contribution in [2.24, 2.45) is 16.8 Å². The van der Waals surface area contributed by atoms with Crippen LogP contribution in [-0.4, -0.2) is 44.9 Å². The third-order valence-corrected chi connectivity index (χ3v) is 4.51. The molecule has 0 saturated carbocycles. The summed E-state index contributed by atoms with van der Waals surface area (Å²) in [6, 6.07) is 7.06.